The van der Waals surface area contributed by atoms with Crippen molar-refractivity contribution >= 4 is 27.6 Å². The van der Waals surface area contributed by atoms with Gasteiger partial charge in [-0.15, -0.1) is 0 Å². The van der Waals surface area contributed by atoms with Gasteiger partial charge in [0.05, 0.1) is 5.02 Å². The van der Waals surface area contributed by atoms with E-state index in [1.807, 2.05) is 4.72 Å². The van der Waals surface area contributed by atoms with Crippen molar-refractivity contribution in [3.8, 4) is 0 Å². The van der Waals surface area contributed by atoms with Crippen LogP contribution in [0.25, 0.3) is 0 Å². The van der Waals surface area contributed by atoms with Gasteiger partial charge in [-0.3, -0.25) is 4.79 Å². The van der Waals surface area contributed by atoms with Crippen LogP contribution in [-0.2, 0) is 14.8 Å². The van der Waals surface area contributed by atoms with Crippen molar-refractivity contribution in [2.24, 2.45) is 0 Å². The lowest BCUT2D eigenvalue weighted by atomic mass is 10.2. The van der Waals surface area contributed by atoms with Gasteiger partial charge in [-0.25, -0.2) is 8.42 Å². The van der Waals surface area contributed by atoms with E-state index in [2.05, 4.69) is 0 Å². The van der Waals surface area contributed by atoms with Gasteiger partial charge in [0, 0.05) is 0 Å². The molecule has 0 aliphatic heterocycles. The van der Waals surface area contributed by atoms with Crippen LogP contribution < -0.4 is 4.72 Å². The first-order valence-electron chi connectivity index (χ1n) is 4.76. The smallest absolute Gasteiger partial charge is 0.321 e. The van der Waals surface area contributed by atoms with Crippen LogP contribution in [-0.4, -0.2) is 25.5 Å². The number of carbonyl (C=O) groups is 1. The van der Waals surface area contributed by atoms with Crippen LogP contribution >= 0.6 is 11.6 Å². The first-order valence-corrected chi connectivity index (χ1v) is 6.62. The third-order valence-corrected chi connectivity index (χ3v) is 4.35. The quantitative estimate of drug-likeness (QED) is 0.871. The van der Waals surface area contributed by atoms with Gasteiger partial charge in [0.25, 0.3) is 0 Å². The summed E-state index contributed by atoms with van der Waals surface area (Å²) in [6, 6.07) is 3.33. The highest BCUT2D eigenvalue weighted by atomic mass is 35.5. The first-order chi connectivity index (χ1) is 7.75. The van der Waals surface area contributed by atoms with Crippen molar-refractivity contribution in [1.82, 2.24) is 4.72 Å². The highest BCUT2D eigenvalue weighted by molar-refractivity contribution is 7.89. The van der Waals surface area contributed by atoms with Crippen LogP contribution in [0.5, 0.6) is 0 Å². The summed E-state index contributed by atoms with van der Waals surface area (Å²) in [5.41, 5.74) is 0.609. The van der Waals surface area contributed by atoms with Gasteiger partial charge in [-0.1, -0.05) is 23.7 Å². The number of halogens is 1. The number of hydrogen-bond donors (Lipinski definition) is 2. The minimum atomic E-state index is -3.92. The third-order valence-electron chi connectivity index (χ3n) is 2.15. The molecule has 1 unspecified atom stereocenters. The minimum absolute atomic E-state index is 0.0950. The Labute approximate surface area is 104 Å². The first kappa shape index (κ1) is 14.0. The number of rotatable bonds is 4. The van der Waals surface area contributed by atoms with E-state index < -0.39 is 22.0 Å². The Morgan fingerprint density at radius 1 is 1.47 bits per heavy atom. The highest BCUT2D eigenvalue weighted by Crippen LogP contribution is 2.24. The zero-order valence-electron chi connectivity index (χ0n) is 9.27. The summed E-state index contributed by atoms with van der Waals surface area (Å²) in [6.45, 7) is 2.91. The summed E-state index contributed by atoms with van der Waals surface area (Å²) in [6.07, 6.45) is 0. The summed E-state index contributed by atoms with van der Waals surface area (Å²) in [4.78, 5) is 10.5. The predicted octanol–water partition coefficient (Wildman–Crippen LogP) is 1.40. The van der Waals surface area contributed by atoms with E-state index >= 15 is 0 Å². The van der Waals surface area contributed by atoms with E-state index in [9.17, 15) is 13.2 Å². The Morgan fingerprint density at radius 3 is 2.59 bits per heavy atom. The zero-order valence-corrected chi connectivity index (χ0v) is 10.8. The van der Waals surface area contributed by atoms with E-state index in [1.165, 1.54) is 13.0 Å². The second kappa shape index (κ2) is 5.03. The molecule has 1 aromatic rings. The molecule has 0 saturated heterocycles. The van der Waals surface area contributed by atoms with Crippen LogP contribution in [0.2, 0.25) is 5.02 Å². The summed E-state index contributed by atoms with van der Waals surface area (Å²) >= 11 is 5.87. The summed E-state index contributed by atoms with van der Waals surface area (Å²) in [7, 11) is -3.92. The second-order valence-electron chi connectivity index (χ2n) is 3.57. The number of aryl methyl sites for hydroxylation is 1. The summed E-state index contributed by atoms with van der Waals surface area (Å²) in [5, 5.41) is 8.75. The fourth-order valence-corrected chi connectivity index (χ4v) is 2.95. The largest absolute Gasteiger partial charge is 0.480 e. The van der Waals surface area contributed by atoms with Gasteiger partial charge >= 0.3 is 5.97 Å². The van der Waals surface area contributed by atoms with Crippen molar-refractivity contribution in [3.63, 3.8) is 0 Å². The Hall–Kier alpha value is -1.11. The van der Waals surface area contributed by atoms with Crippen LogP contribution in [0, 0.1) is 6.92 Å². The fraction of sp³-hybridized carbons (Fsp3) is 0.300. The molecule has 0 heterocycles. The lowest BCUT2D eigenvalue weighted by Gasteiger charge is -2.12. The standard InChI is InChI=1S/C10H12ClNO4S/c1-6-4-3-5-8(9(6)11)17(15,16)12-7(2)10(13)14/h3-5,7,12H,1-2H3,(H,13,14). The van der Waals surface area contributed by atoms with Crippen LogP contribution in [0.3, 0.4) is 0 Å². The summed E-state index contributed by atoms with van der Waals surface area (Å²) < 4.78 is 25.8. The molecular weight excluding hydrogens is 266 g/mol. The molecule has 0 radical (unpaired) electrons. The normalized spacial score (nSPS) is 13.4. The predicted molar refractivity (Wildman–Crippen MR) is 63.6 cm³/mol. The van der Waals surface area contributed by atoms with Gasteiger partial charge < -0.3 is 5.11 Å². The number of carboxylic acid groups (broad SMARTS) is 1. The molecule has 7 heteroatoms. The van der Waals surface area contributed by atoms with Gasteiger partial charge in [0.1, 0.15) is 10.9 Å². The van der Waals surface area contributed by atoms with Gasteiger partial charge in [0.2, 0.25) is 10.0 Å². The highest BCUT2D eigenvalue weighted by Gasteiger charge is 2.23. The molecule has 1 atom stereocenters. The Balaban J connectivity index is 3.14. The lowest BCUT2D eigenvalue weighted by Crippen LogP contribution is -2.38. The molecule has 1 aromatic carbocycles. The van der Waals surface area contributed by atoms with E-state index in [-0.39, 0.29) is 9.92 Å². The molecule has 0 aliphatic rings. The maximum absolute atomic E-state index is 11.9. The molecule has 0 saturated carbocycles. The van der Waals surface area contributed by atoms with Gasteiger partial charge in [-0.2, -0.15) is 4.72 Å². The van der Waals surface area contributed by atoms with Crippen LogP contribution in [0.4, 0.5) is 0 Å². The average molecular weight is 278 g/mol. The average Bonchev–Trinajstić information content (AvgIpc) is 2.21. The Kier molecular flexibility index (Phi) is 4.13. The topological polar surface area (TPSA) is 83.5 Å². The number of sulfonamides is 1. The molecule has 0 spiro atoms. The lowest BCUT2D eigenvalue weighted by molar-refractivity contribution is -0.138. The molecule has 5 nitrogen and oxygen atoms in total. The SMILES string of the molecule is Cc1cccc(S(=O)(=O)NC(C)C(=O)O)c1Cl. The van der Waals surface area contributed by atoms with E-state index in [0.29, 0.717) is 5.56 Å². The molecule has 0 aliphatic carbocycles. The molecule has 0 amide bonds. The van der Waals surface area contributed by atoms with Crippen LogP contribution in [0.15, 0.2) is 23.1 Å². The number of aliphatic carboxylic acids is 1. The van der Waals surface area contributed by atoms with E-state index in [1.54, 1.807) is 19.1 Å². The molecular formula is C10H12ClNO4S. The van der Waals surface area contributed by atoms with E-state index in [0.717, 1.165) is 0 Å². The molecule has 1 rings (SSSR count). The molecule has 94 valence electrons. The zero-order chi connectivity index (χ0) is 13.2. The molecule has 17 heavy (non-hydrogen) atoms. The van der Waals surface area contributed by atoms with Crippen molar-refractivity contribution < 1.29 is 18.3 Å². The van der Waals surface area contributed by atoms with Crippen molar-refractivity contribution in [3.05, 3.63) is 28.8 Å². The molecule has 0 bridgehead atoms. The maximum atomic E-state index is 11.9. The van der Waals surface area contributed by atoms with Gasteiger partial charge in [-0.05, 0) is 25.5 Å². The summed E-state index contributed by atoms with van der Waals surface area (Å²) in [5.74, 6) is -1.25. The molecule has 2 N–H and O–H groups in total. The number of hydrogen-bond acceptors (Lipinski definition) is 3. The third kappa shape index (κ3) is 3.18. The van der Waals surface area contributed by atoms with Gasteiger partial charge in [0.15, 0.2) is 0 Å². The maximum Gasteiger partial charge on any atom is 0.321 e. The van der Waals surface area contributed by atoms with E-state index in [4.69, 9.17) is 16.7 Å². The Morgan fingerprint density at radius 2 is 2.06 bits per heavy atom. The monoisotopic (exact) mass is 277 g/mol. The van der Waals surface area contributed by atoms with Crippen LogP contribution in [0.1, 0.15) is 12.5 Å². The molecule has 0 fully saturated rings. The minimum Gasteiger partial charge on any atom is -0.480 e. The molecule has 0 aromatic heterocycles. The Bertz CT molecular complexity index is 541. The number of nitrogens with one attached hydrogen (secondary N) is 1. The van der Waals surface area contributed by atoms with Crippen molar-refractivity contribution in [1.29, 1.82) is 0 Å². The fourth-order valence-electron chi connectivity index (χ4n) is 1.17. The number of benzene rings is 1. The van der Waals surface area contributed by atoms with Crippen molar-refractivity contribution in [2.75, 3.05) is 0 Å². The van der Waals surface area contributed by atoms with Crippen molar-refractivity contribution in [2.45, 2.75) is 24.8 Å². The second-order valence-corrected chi connectivity index (χ2v) is 5.63. The number of carboxylic acids is 1.